The fourth-order valence-electron chi connectivity index (χ4n) is 2.48. The number of carbonyl (C=O) groups is 2. The van der Waals surface area contributed by atoms with E-state index in [0.29, 0.717) is 25.2 Å². The van der Waals surface area contributed by atoms with Crippen LogP contribution in [0.1, 0.15) is 27.2 Å². The summed E-state index contributed by atoms with van der Waals surface area (Å²) in [6.07, 6.45) is 4.98. The Hall–Kier alpha value is -2.71. The predicted octanol–water partition coefficient (Wildman–Crippen LogP) is 1.32. The van der Waals surface area contributed by atoms with Gasteiger partial charge in [0, 0.05) is 25.5 Å². The second kappa shape index (κ2) is 6.06. The van der Waals surface area contributed by atoms with Gasteiger partial charge in [-0.15, -0.1) is 5.10 Å². The molecule has 1 fully saturated rings. The van der Waals surface area contributed by atoms with Crippen LogP contribution in [-0.2, 0) is 9.53 Å². The first-order valence-electron chi connectivity index (χ1n) is 7.77. The monoisotopic (exact) mass is 332 g/mol. The van der Waals surface area contributed by atoms with Crippen LogP contribution in [0.4, 0.5) is 10.7 Å². The van der Waals surface area contributed by atoms with E-state index >= 15 is 0 Å². The number of ether oxygens (including phenoxy) is 1. The van der Waals surface area contributed by atoms with Gasteiger partial charge in [0.25, 0.3) is 0 Å². The summed E-state index contributed by atoms with van der Waals surface area (Å²) >= 11 is 0. The minimum absolute atomic E-state index is 0.204. The number of nitrogens with zero attached hydrogens (tertiary/aromatic N) is 5. The Morgan fingerprint density at radius 1 is 1.38 bits per heavy atom. The summed E-state index contributed by atoms with van der Waals surface area (Å²) in [4.78, 5) is 34.1. The molecule has 9 heteroatoms. The van der Waals surface area contributed by atoms with Gasteiger partial charge < -0.3 is 9.64 Å². The Morgan fingerprint density at radius 3 is 2.88 bits per heavy atom. The first kappa shape index (κ1) is 16.2. The molecule has 0 aliphatic carbocycles. The highest BCUT2D eigenvalue weighted by molar-refractivity contribution is 5.92. The summed E-state index contributed by atoms with van der Waals surface area (Å²) in [6, 6.07) is 0. The van der Waals surface area contributed by atoms with Crippen molar-refractivity contribution in [2.24, 2.45) is 5.92 Å². The quantitative estimate of drug-likeness (QED) is 0.890. The fourth-order valence-corrected chi connectivity index (χ4v) is 2.48. The lowest BCUT2D eigenvalue weighted by Gasteiger charge is -2.24. The molecule has 1 N–H and O–H groups in total. The summed E-state index contributed by atoms with van der Waals surface area (Å²) in [7, 11) is 0. The minimum atomic E-state index is -0.550. The molecule has 3 heterocycles. The SMILES string of the molecule is CC(C)(C)OC(=O)N1CCC(C(=O)Nc2nc3cnccn3n2)C1. The van der Waals surface area contributed by atoms with Crippen LogP contribution in [0, 0.1) is 5.92 Å². The highest BCUT2D eigenvalue weighted by Crippen LogP contribution is 2.20. The van der Waals surface area contributed by atoms with E-state index < -0.39 is 11.7 Å². The van der Waals surface area contributed by atoms with Gasteiger partial charge in [-0.25, -0.2) is 9.31 Å². The zero-order valence-electron chi connectivity index (χ0n) is 13.9. The average Bonchev–Trinajstić information content (AvgIpc) is 3.11. The molecule has 1 aliphatic heterocycles. The lowest BCUT2D eigenvalue weighted by atomic mass is 10.1. The Labute approximate surface area is 139 Å². The molecule has 0 spiro atoms. The van der Waals surface area contributed by atoms with Gasteiger partial charge >= 0.3 is 6.09 Å². The molecule has 9 nitrogen and oxygen atoms in total. The lowest BCUT2D eigenvalue weighted by Crippen LogP contribution is -2.36. The zero-order valence-corrected chi connectivity index (χ0v) is 13.9. The van der Waals surface area contributed by atoms with E-state index in [9.17, 15) is 9.59 Å². The second-order valence-corrected chi connectivity index (χ2v) is 6.72. The van der Waals surface area contributed by atoms with Crippen molar-refractivity contribution >= 4 is 23.6 Å². The van der Waals surface area contributed by atoms with Crippen molar-refractivity contribution < 1.29 is 14.3 Å². The molecule has 24 heavy (non-hydrogen) atoms. The molecular weight excluding hydrogens is 312 g/mol. The largest absolute Gasteiger partial charge is 0.444 e. The lowest BCUT2D eigenvalue weighted by molar-refractivity contribution is -0.119. The summed E-state index contributed by atoms with van der Waals surface area (Å²) in [6.45, 7) is 6.27. The van der Waals surface area contributed by atoms with Crippen LogP contribution in [-0.4, -0.2) is 55.2 Å². The Balaban J connectivity index is 1.59. The number of hydrogen-bond donors (Lipinski definition) is 1. The third-order valence-electron chi connectivity index (χ3n) is 3.59. The van der Waals surface area contributed by atoms with Crippen LogP contribution in [0.15, 0.2) is 18.6 Å². The highest BCUT2D eigenvalue weighted by Gasteiger charge is 2.33. The molecular formula is C15H20N6O3. The van der Waals surface area contributed by atoms with Gasteiger partial charge in [0.05, 0.1) is 12.1 Å². The third kappa shape index (κ3) is 3.61. The van der Waals surface area contributed by atoms with E-state index in [1.54, 1.807) is 23.5 Å². The van der Waals surface area contributed by atoms with Gasteiger partial charge in [0.1, 0.15) is 5.60 Å². The summed E-state index contributed by atoms with van der Waals surface area (Å²) < 4.78 is 6.86. The number of likely N-dealkylation sites (tertiary alicyclic amines) is 1. The van der Waals surface area contributed by atoms with Gasteiger partial charge in [-0.1, -0.05) is 0 Å². The van der Waals surface area contributed by atoms with Crippen LogP contribution in [0.25, 0.3) is 5.65 Å². The molecule has 3 rings (SSSR count). The maximum absolute atomic E-state index is 12.4. The number of anilines is 1. The van der Waals surface area contributed by atoms with Gasteiger partial charge in [0.2, 0.25) is 11.9 Å². The second-order valence-electron chi connectivity index (χ2n) is 6.72. The molecule has 1 saturated heterocycles. The number of rotatable bonds is 2. The van der Waals surface area contributed by atoms with E-state index in [0.717, 1.165) is 0 Å². The Kier molecular flexibility index (Phi) is 4.08. The van der Waals surface area contributed by atoms with Crippen molar-refractivity contribution in [1.29, 1.82) is 0 Å². The van der Waals surface area contributed by atoms with Crippen LogP contribution in [0.2, 0.25) is 0 Å². The van der Waals surface area contributed by atoms with Crippen molar-refractivity contribution in [1.82, 2.24) is 24.5 Å². The number of amides is 2. The van der Waals surface area contributed by atoms with Crippen molar-refractivity contribution in [3.8, 4) is 0 Å². The van der Waals surface area contributed by atoms with Gasteiger partial charge in [-0.05, 0) is 27.2 Å². The molecule has 0 saturated carbocycles. The standard InChI is InChI=1S/C15H20N6O3/c1-15(2,3)24-14(23)20-6-4-10(9-20)12(22)18-13-17-11-8-16-5-7-21(11)19-13/h5,7-8,10H,4,6,9H2,1-3H3,(H,18,19,22). The molecule has 1 aliphatic rings. The number of nitrogens with one attached hydrogen (secondary N) is 1. The van der Waals surface area contributed by atoms with Crippen molar-refractivity contribution in [2.45, 2.75) is 32.8 Å². The molecule has 0 radical (unpaired) electrons. The summed E-state index contributed by atoms with van der Waals surface area (Å²) in [5.74, 6) is -0.282. The van der Waals surface area contributed by atoms with Gasteiger partial charge in [-0.2, -0.15) is 4.98 Å². The van der Waals surface area contributed by atoms with Crippen molar-refractivity contribution in [3.63, 3.8) is 0 Å². The van der Waals surface area contributed by atoms with E-state index in [4.69, 9.17) is 4.74 Å². The molecule has 0 bridgehead atoms. The summed E-state index contributed by atoms with van der Waals surface area (Å²) in [5.41, 5.74) is 0.000879. The van der Waals surface area contributed by atoms with Crippen LogP contribution in [0.5, 0.6) is 0 Å². The fraction of sp³-hybridized carbons (Fsp3) is 0.533. The predicted molar refractivity (Wildman–Crippen MR) is 85.3 cm³/mol. The maximum atomic E-state index is 12.4. The third-order valence-corrected chi connectivity index (χ3v) is 3.59. The molecule has 2 amide bonds. The summed E-state index contributed by atoms with van der Waals surface area (Å²) in [5, 5.41) is 6.85. The first-order valence-corrected chi connectivity index (χ1v) is 7.77. The molecule has 128 valence electrons. The molecule has 1 unspecified atom stereocenters. The van der Waals surface area contributed by atoms with E-state index in [2.05, 4.69) is 20.4 Å². The van der Waals surface area contributed by atoms with Crippen molar-refractivity contribution in [3.05, 3.63) is 18.6 Å². The number of hydrogen-bond acceptors (Lipinski definition) is 6. The van der Waals surface area contributed by atoms with Crippen molar-refractivity contribution in [2.75, 3.05) is 18.4 Å². The molecule has 0 aromatic carbocycles. The first-order chi connectivity index (χ1) is 11.3. The van der Waals surface area contributed by atoms with Crippen LogP contribution in [0.3, 0.4) is 0 Å². The van der Waals surface area contributed by atoms with E-state index in [-0.39, 0.29) is 17.8 Å². The highest BCUT2D eigenvalue weighted by atomic mass is 16.6. The number of carbonyl (C=O) groups excluding carboxylic acids is 2. The minimum Gasteiger partial charge on any atom is -0.444 e. The van der Waals surface area contributed by atoms with Crippen LogP contribution >= 0.6 is 0 Å². The maximum Gasteiger partial charge on any atom is 0.410 e. The molecule has 1 atom stereocenters. The van der Waals surface area contributed by atoms with Crippen LogP contribution < -0.4 is 5.32 Å². The topological polar surface area (TPSA) is 102 Å². The zero-order chi connectivity index (χ0) is 17.3. The van der Waals surface area contributed by atoms with E-state index in [1.165, 1.54) is 4.52 Å². The average molecular weight is 332 g/mol. The number of fused-ring (bicyclic) bond motifs is 1. The Bertz CT molecular complexity index is 733. The van der Waals surface area contributed by atoms with Gasteiger partial charge in [0.15, 0.2) is 5.65 Å². The van der Waals surface area contributed by atoms with Gasteiger partial charge in [-0.3, -0.25) is 15.1 Å². The van der Waals surface area contributed by atoms with E-state index in [1.807, 2.05) is 20.8 Å². The Morgan fingerprint density at radius 2 is 2.17 bits per heavy atom. The normalized spacial score (nSPS) is 18.0. The smallest absolute Gasteiger partial charge is 0.410 e. The molecule has 2 aromatic heterocycles. The number of aromatic nitrogens is 4. The molecule has 2 aromatic rings.